The molecule has 2 amide bonds. The quantitative estimate of drug-likeness (QED) is 0.729. The van der Waals surface area contributed by atoms with Crippen molar-refractivity contribution >= 4 is 17.5 Å². The van der Waals surface area contributed by atoms with Gasteiger partial charge in [-0.15, -0.1) is 0 Å². The number of piperidine rings is 1. The topological polar surface area (TPSA) is 78.4 Å². The van der Waals surface area contributed by atoms with Crippen LogP contribution in [0.5, 0.6) is 5.75 Å². The lowest BCUT2D eigenvalue weighted by atomic mass is 9.86. The van der Waals surface area contributed by atoms with Gasteiger partial charge in [0.2, 0.25) is 11.8 Å². The Morgan fingerprint density at radius 2 is 2.04 bits per heavy atom. The average Bonchev–Trinajstić information content (AvgIpc) is 2.46. The van der Waals surface area contributed by atoms with E-state index in [-0.39, 0.29) is 41.4 Å². The minimum atomic E-state index is -0.366. The third kappa shape index (κ3) is 5.21. The van der Waals surface area contributed by atoms with Crippen LogP contribution in [0.25, 0.3) is 0 Å². The Kier molecular flexibility index (Phi) is 5.76. The van der Waals surface area contributed by atoms with Gasteiger partial charge in [-0.05, 0) is 41.9 Å². The Morgan fingerprint density at radius 3 is 2.64 bits per heavy atom. The van der Waals surface area contributed by atoms with E-state index in [1.165, 1.54) is 0 Å². The zero-order chi connectivity index (χ0) is 18.8. The number of phenols is 1. The summed E-state index contributed by atoms with van der Waals surface area (Å²) in [6.07, 6.45) is 1.69. The van der Waals surface area contributed by atoms with Crippen molar-refractivity contribution in [3.05, 3.63) is 23.8 Å². The summed E-state index contributed by atoms with van der Waals surface area (Å²) in [5.41, 5.74) is 1.35. The molecule has 0 spiro atoms. The molecule has 5 nitrogen and oxygen atoms in total. The first kappa shape index (κ1) is 19.3. The van der Waals surface area contributed by atoms with Crippen LogP contribution in [0.3, 0.4) is 0 Å². The summed E-state index contributed by atoms with van der Waals surface area (Å²) in [6, 6.07) is 5.30. The molecule has 0 aromatic heterocycles. The fraction of sp³-hybridized carbons (Fsp3) is 0.600. The number of phenolic OH excluding ortho intramolecular Hbond substituents is 1. The molecule has 1 fully saturated rings. The van der Waals surface area contributed by atoms with Crippen molar-refractivity contribution < 1.29 is 14.7 Å². The minimum absolute atomic E-state index is 0.0338. The fourth-order valence-electron chi connectivity index (χ4n) is 3.26. The maximum atomic E-state index is 12.7. The molecule has 0 saturated carbocycles. The van der Waals surface area contributed by atoms with Gasteiger partial charge < -0.3 is 15.7 Å². The third-order valence-corrected chi connectivity index (χ3v) is 4.61. The highest BCUT2D eigenvalue weighted by molar-refractivity contribution is 5.97. The lowest BCUT2D eigenvalue weighted by molar-refractivity contribution is -0.131. The Hall–Kier alpha value is -2.04. The molecule has 2 unspecified atom stereocenters. The fourth-order valence-corrected chi connectivity index (χ4v) is 3.26. The van der Waals surface area contributed by atoms with Crippen LogP contribution >= 0.6 is 0 Å². The molecule has 1 aliphatic heterocycles. The number of nitrogens with one attached hydrogen (secondary N) is 2. The van der Waals surface area contributed by atoms with Crippen molar-refractivity contribution in [2.75, 3.05) is 5.32 Å². The normalized spacial score (nSPS) is 21.1. The molecule has 5 heteroatoms. The van der Waals surface area contributed by atoms with E-state index >= 15 is 0 Å². The summed E-state index contributed by atoms with van der Waals surface area (Å²) < 4.78 is 0. The summed E-state index contributed by atoms with van der Waals surface area (Å²) in [6.45, 7) is 10.4. The lowest BCUT2D eigenvalue weighted by Gasteiger charge is -2.30. The highest BCUT2D eigenvalue weighted by Gasteiger charge is 2.32. The van der Waals surface area contributed by atoms with Crippen LogP contribution in [0.2, 0.25) is 0 Å². The Labute approximate surface area is 150 Å². The Morgan fingerprint density at radius 1 is 1.36 bits per heavy atom. The van der Waals surface area contributed by atoms with E-state index in [2.05, 4.69) is 45.3 Å². The van der Waals surface area contributed by atoms with E-state index in [4.69, 9.17) is 0 Å². The molecule has 0 bridgehead atoms. The van der Waals surface area contributed by atoms with Gasteiger partial charge in [-0.1, -0.05) is 40.7 Å². The second-order valence-electron chi connectivity index (χ2n) is 8.50. The molecule has 25 heavy (non-hydrogen) atoms. The maximum absolute atomic E-state index is 12.7. The van der Waals surface area contributed by atoms with Gasteiger partial charge >= 0.3 is 0 Å². The first-order valence-electron chi connectivity index (χ1n) is 9.00. The van der Waals surface area contributed by atoms with Crippen molar-refractivity contribution in [3.63, 3.8) is 0 Å². The monoisotopic (exact) mass is 346 g/mol. The van der Waals surface area contributed by atoms with Gasteiger partial charge in [-0.2, -0.15) is 0 Å². The van der Waals surface area contributed by atoms with E-state index in [0.29, 0.717) is 18.0 Å². The molecule has 1 saturated heterocycles. The molecule has 1 aromatic rings. The van der Waals surface area contributed by atoms with Crippen LogP contribution in [0.4, 0.5) is 5.69 Å². The molecule has 2 atom stereocenters. The van der Waals surface area contributed by atoms with Crippen LogP contribution < -0.4 is 10.6 Å². The molecular weight excluding hydrogens is 316 g/mol. The van der Waals surface area contributed by atoms with E-state index in [1.807, 2.05) is 12.1 Å². The van der Waals surface area contributed by atoms with Crippen molar-refractivity contribution in [3.8, 4) is 5.75 Å². The van der Waals surface area contributed by atoms with Crippen LogP contribution in [-0.4, -0.2) is 23.0 Å². The summed E-state index contributed by atoms with van der Waals surface area (Å²) in [7, 11) is 0. The maximum Gasteiger partial charge on any atom is 0.228 e. The Balaban J connectivity index is 2.12. The zero-order valence-corrected chi connectivity index (χ0v) is 15.8. The number of hydrogen-bond donors (Lipinski definition) is 3. The van der Waals surface area contributed by atoms with Crippen molar-refractivity contribution in [2.45, 2.75) is 65.3 Å². The molecule has 1 aromatic carbocycles. The first-order valence-corrected chi connectivity index (χ1v) is 9.00. The van der Waals surface area contributed by atoms with Gasteiger partial charge in [0.05, 0.1) is 5.69 Å². The molecule has 0 radical (unpaired) electrons. The standard InChI is InChI=1S/C20H30N2O3/c1-12(2)8-15-9-13(10-18(24)21-15)19(25)22-16-11-14(20(3,4)5)6-7-17(16)23/h6-7,11-13,15,23H,8-10H2,1-5H3,(H,21,24)(H,22,25). The van der Waals surface area contributed by atoms with Gasteiger partial charge in [-0.25, -0.2) is 0 Å². The van der Waals surface area contributed by atoms with Crippen molar-refractivity contribution in [1.82, 2.24) is 5.32 Å². The third-order valence-electron chi connectivity index (χ3n) is 4.61. The van der Waals surface area contributed by atoms with E-state index in [0.717, 1.165) is 12.0 Å². The summed E-state index contributed by atoms with van der Waals surface area (Å²) in [5, 5.41) is 15.9. The average molecular weight is 346 g/mol. The number of benzene rings is 1. The second-order valence-corrected chi connectivity index (χ2v) is 8.50. The lowest BCUT2D eigenvalue weighted by Crippen LogP contribution is -2.46. The molecule has 3 N–H and O–H groups in total. The Bertz CT molecular complexity index is 647. The van der Waals surface area contributed by atoms with Crippen LogP contribution in [0.1, 0.15) is 59.4 Å². The molecule has 2 rings (SSSR count). The predicted octanol–water partition coefficient (Wildman–Crippen LogP) is 3.57. The summed E-state index contributed by atoms with van der Waals surface area (Å²) >= 11 is 0. The number of carbonyl (C=O) groups is 2. The highest BCUT2D eigenvalue weighted by atomic mass is 16.3. The van der Waals surface area contributed by atoms with Crippen LogP contribution in [0.15, 0.2) is 18.2 Å². The smallest absolute Gasteiger partial charge is 0.228 e. The van der Waals surface area contributed by atoms with Gasteiger partial charge in [0.15, 0.2) is 0 Å². The molecule has 1 aliphatic rings. The molecule has 138 valence electrons. The van der Waals surface area contributed by atoms with Crippen molar-refractivity contribution in [2.24, 2.45) is 11.8 Å². The summed E-state index contributed by atoms with van der Waals surface area (Å²) in [5.74, 6) is -0.148. The predicted molar refractivity (Wildman–Crippen MR) is 99.5 cm³/mol. The first-order chi connectivity index (χ1) is 11.6. The summed E-state index contributed by atoms with van der Waals surface area (Å²) in [4.78, 5) is 24.6. The van der Waals surface area contributed by atoms with Crippen molar-refractivity contribution in [1.29, 1.82) is 0 Å². The number of hydrogen-bond acceptors (Lipinski definition) is 3. The van der Waals surface area contributed by atoms with E-state index in [9.17, 15) is 14.7 Å². The van der Waals surface area contributed by atoms with Gasteiger partial charge in [0.1, 0.15) is 5.75 Å². The van der Waals surface area contributed by atoms with Crippen LogP contribution in [-0.2, 0) is 15.0 Å². The molecule has 0 aliphatic carbocycles. The number of anilines is 1. The minimum Gasteiger partial charge on any atom is -0.506 e. The number of carbonyl (C=O) groups excluding carboxylic acids is 2. The largest absolute Gasteiger partial charge is 0.506 e. The highest BCUT2D eigenvalue weighted by Crippen LogP contribution is 2.32. The number of rotatable bonds is 4. The second kappa shape index (κ2) is 7.46. The SMILES string of the molecule is CC(C)CC1CC(C(=O)Nc2cc(C(C)(C)C)ccc2O)CC(=O)N1. The van der Waals surface area contributed by atoms with Gasteiger partial charge in [-0.3, -0.25) is 9.59 Å². The van der Waals surface area contributed by atoms with E-state index in [1.54, 1.807) is 6.07 Å². The van der Waals surface area contributed by atoms with Gasteiger partial charge in [0, 0.05) is 18.4 Å². The molecular formula is C20H30N2O3. The van der Waals surface area contributed by atoms with Crippen LogP contribution in [0, 0.1) is 11.8 Å². The number of amides is 2. The van der Waals surface area contributed by atoms with E-state index < -0.39 is 0 Å². The van der Waals surface area contributed by atoms with Gasteiger partial charge in [0.25, 0.3) is 0 Å². The number of aromatic hydroxyl groups is 1. The zero-order valence-electron chi connectivity index (χ0n) is 15.8. The molecule has 1 heterocycles.